The van der Waals surface area contributed by atoms with Crippen LogP contribution in [-0.2, 0) is 28.6 Å². The Kier molecular flexibility index (Phi) is 58.4. The summed E-state index contributed by atoms with van der Waals surface area (Å²) in [6.45, 7) is 11.5. The largest absolute Gasteiger partial charge is 0.462 e. The zero-order chi connectivity index (χ0) is 53.2. The van der Waals surface area contributed by atoms with Gasteiger partial charge in [-0.15, -0.1) is 0 Å². The average molecular weight is 1030 g/mol. The Labute approximate surface area is 457 Å². The predicted molar refractivity (Wildman–Crippen MR) is 316 cm³/mol. The number of esters is 3. The van der Waals surface area contributed by atoms with E-state index in [0.717, 1.165) is 69.6 Å². The lowest BCUT2D eigenvalue weighted by Crippen LogP contribution is -2.30. The van der Waals surface area contributed by atoms with Crippen molar-refractivity contribution < 1.29 is 28.6 Å². The smallest absolute Gasteiger partial charge is 0.306 e. The Bertz CT molecular complexity index is 1120. The molecule has 73 heavy (non-hydrogen) atoms. The van der Waals surface area contributed by atoms with Gasteiger partial charge in [-0.1, -0.05) is 343 Å². The molecule has 0 heterocycles. The van der Waals surface area contributed by atoms with Crippen molar-refractivity contribution >= 4 is 17.9 Å². The number of rotatable bonds is 61. The zero-order valence-electron chi connectivity index (χ0n) is 50.3. The third-order valence-corrected chi connectivity index (χ3v) is 15.8. The van der Waals surface area contributed by atoms with Crippen molar-refractivity contribution in [2.45, 2.75) is 387 Å². The average Bonchev–Trinajstić information content (AvgIpc) is 3.38. The molecular formula is C67H130O6. The van der Waals surface area contributed by atoms with Gasteiger partial charge in [-0.3, -0.25) is 14.4 Å². The summed E-state index contributed by atoms with van der Waals surface area (Å²) in [6, 6.07) is 0. The molecule has 434 valence electrons. The van der Waals surface area contributed by atoms with E-state index in [1.54, 1.807) is 0 Å². The van der Waals surface area contributed by atoms with Gasteiger partial charge in [0.2, 0.25) is 0 Å². The number of unbranched alkanes of at least 4 members (excludes halogenated alkanes) is 45. The molecule has 1 unspecified atom stereocenters. The van der Waals surface area contributed by atoms with Crippen molar-refractivity contribution in [1.82, 2.24) is 0 Å². The van der Waals surface area contributed by atoms with Crippen molar-refractivity contribution in [3.63, 3.8) is 0 Å². The Morgan fingerprint density at radius 3 is 0.781 bits per heavy atom. The normalized spacial score (nSPS) is 12.4. The van der Waals surface area contributed by atoms with Crippen LogP contribution in [0, 0.1) is 11.8 Å². The Morgan fingerprint density at radius 2 is 0.521 bits per heavy atom. The lowest BCUT2D eigenvalue weighted by molar-refractivity contribution is -0.167. The summed E-state index contributed by atoms with van der Waals surface area (Å²) in [5, 5.41) is 0. The molecule has 0 fully saturated rings. The van der Waals surface area contributed by atoms with Crippen LogP contribution >= 0.6 is 0 Å². The van der Waals surface area contributed by atoms with Crippen LogP contribution in [0.1, 0.15) is 381 Å². The number of hydrogen-bond acceptors (Lipinski definition) is 6. The van der Waals surface area contributed by atoms with Gasteiger partial charge in [0.1, 0.15) is 13.2 Å². The highest BCUT2D eigenvalue weighted by molar-refractivity contribution is 5.71. The van der Waals surface area contributed by atoms with E-state index in [9.17, 15) is 14.4 Å². The van der Waals surface area contributed by atoms with Crippen LogP contribution in [0.15, 0.2) is 0 Å². The number of ether oxygens (including phenoxy) is 3. The molecule has 0 aliphatic rings. The van der Waals surface area contributed by atoms with Crippen molar-refractivity contribution in [2.75, 3.05) is 13.2 Å². The molecule has 0 aromatic rings. The van der Waals surface area contributed by atoms with Crippen LogP contribution in [0.5, 0.6) is 0 Å². The molecule has 0 spiro atoms. The highest BCUT2D eigenvalue weighted by atomic mass is 16.6. The maximum atomic E-state index is 12.9. The third-order valence-electron chi connectivity index (χ3n) is 15.8. The molecule has 0 saturated heterocycles. The molecule has 0 N–H and O–H groups in total. The number of hydrogen-bond donors (Lipinski definition) is 0. The van der Waals surface area contributed by atoms with Crippen molar-refractivity contribution in [1.29, 1.82) is 0 Å². The summed E-state index contributed by atoms with van der Waals surface area (Å²) in [6.07, 6.45) is 66.7. The van der Waals surface area contributed by atoms with Crippen molar-refractivity contribution in [2.24, 2.45) is 11.8 Å². The first kappa shape index (κ1) is 71.4. The third kappa shape index (κ3) is 59.5. The molecule has 0 aliphatic carbocycles. The minimum Gasteiger partial charge on any atom is -0.462 e. The Balaban J connectivity index is 4.27. The lowest BCUT2D eigenvalue weighted by atomic mass is 9.99. The second-order valence-electron chi connectivity index (χ2n) is 23.8. The van der Waals surface area contributed by atoms with Gasteiger partial charge < -0.3 is 14.2 Å². The monoisotopic (exact) mass is 1030 g/mol. The van der Waals surface area contributed by atoms with Gasteiger partial charge >= 0.3 is 17.9 Å². The van der Waals surface area contributed by atoms with E-state index >= 15 is 0 Å². The minimum atomic E-state index is -0.764. The van der Waals surface area contributed by atoms with Crippen LogP contribution < -0.4 is 0 Å². The van der Waals surface area contributed by atoms with Gasteiger partial charge in [0.15, 0.2) is 6.10 Å². The zero-order valence-corrected chi connectivity index (χ0v) is 50.3. The first-order chi connectivity index (χ1) is 35.8. The first-order valence-corrected chi connectivity index (χ1v) is 33.3. The van der Waals surface area contributed by atoms with Crippen LogP contribution in [0.3, 0.4) is 0 Å². The van der Waals surface area contributed by atoms with E-state index in [2.05, 4.69) is 34.6 Å². The summed E-state index contributed by atoms with van der Waals surface area (Å²) in [5.41, 5.74) is 0. The van der Waals surface area contributed by atoms with Gasteiger partial charge in [0.05, 0.1) is 0 Å². The van der Waals surface area contributed by atoms with E-state index in [1.165, 1.54) is 270 Å². The molecule has 0 saturated carbocycles. The lowest BCUT2D eigenvalue weighted by Gasteiger charge is -2.18. The Morgan fingerprint density at radius 1 is 0.288 bits per heavy atom. The first-order valence-electron chi connectivity index (χ1n) is 33.3. The van der Waals surface area contributed by atoms with E-state index in [0.29, 0.717) is 19.3 Å². The fraction of sp³-hybridized carbons (Fsp3) is 0.955. The van der Waals surface area contributed by atoms with E-state index in [-0.39, 0.29) is 31.1 Å². The highest BCUT2D eigenvalue weighted by Crippen LogP contribution is 2.20. The number of carbonyl (C=O) groups is 3. The highest BCUT2D eigenvalue weighted by Gasteiger charge is 2.19. The maximum Gasteiger partial charge on any atom is 0.306 e. The molecule has 0 aromatic heterocycles. The second-order valence-corrected chi connectivity index (χ2v) is 23.8. The Hall–Kier alpha value is -1.59. The van der Waals surface area contributed by atoms with Crippen LogP contribution in [-0.4, -0.2) is 37.2 Å². The standard InChI is InChI=1S/C67H130O6/c1-6-8-9-10-11-12-13-14-15-21-27-32-37-42-47-52-57-65(68)71-60-64(61-72-66(69)58-53-48-43-38-33-28-24-23-25-30-35-40-45-50-55-62(3)4)73-67(70)59-54-49-44-39-34-29-22-19-17-16-18-20-26-31-36-41-46-51-56-63(5)7-2/h62-64H,6-61H2,1-5H3/t63?,64-/m1/s1. The minimum absolute atomic E-state index is 0.0615. The van der Waals surface area contributed by atoms with Crippen LogP contribution in [0.2, 0.25) is 0 Å². The molecule has 0 radical (unpaired) electrons. The second kappa shape index (κ2) is 59.7. The summed E-state index contributed by atoms with van der Waals surface area (Å²) < 4.78 is 17.0. The quantitative estimate of drug-likeness (QED) is 0.0343. The van der Waals surface area contributed by atoms with Crippen molar-refractivity contribution in [3.05, 3.63) is 0 Å². The van der Waals surface area contributed by atoms with E-state index in [1.807, 2.05) is 0 Å². The summed E-state index contributed by atoms with van der Waals surface area (Å²) in [7, 11) is 0. The number of carbonyl (C=O) groups excluding carboxylic acids is 3. The fourth-order valence-corrected chi connectivity index (χ4v) is 10.4. The molecule has 6 heteroatoms. The van der Waals surface area contributed by atoms with Crippen molar-refractivity contribution in [3.8, 4) is 0 Å². The summed E-state index contributed by atoms with van der Waals surface area (Å²) in [5.74, 6) is 0.926. The van der Waals surface area contributed by atoms with Crippen LogP contribution in [0.4, 0.5) is 0 Å². The van der Waals surface area contributed by atoms with Gasteiger partial charge in [0, 0.05) is 19.3 Å². The van der Waals surface area contributed by atoms with Gasteiger partial charge in [-0.2, -0.15) is 0 Å². The SMILES string of the molecule is CCCCCCCCCCCCCCCCCCC(=O)OC[C@H](COC(=O)CCCCCCCCCCCCCCCCC(C)C)OC(=O)CCCCCCCCCCCCCCCCCCCCC(C)CC. The van der Waals surface area contributed by atoms with Crippen LogP contribution in [0.25, 0.3) is 0 Å². The summed E-state index contributed by atoms with van der Waals surface area (Å²) >= 11 is 0. The predicted octanol–water partition coefficient (Wildman–Crippen LogP) is 22.4. The topological polar surface area (TPSA) is 78.9 Å². The molecule has 2 atom stereocenters. The molecule has 0 aromatic carbocycles. The van der Waals surface area contributed by atoms with Gasteiger partial charge in [0.25, 0.3) is 0 Å². The molecular weight excluding hydrogens is 901 g/mol. The molecule has 6 nitrogen and oxygen atoms in total. The molecule has 0 rings (SSSR count). The fourth-order valence-electron chi connectivity index (χ4n) is 10.4. The van der Waals surface area contributed by atoms with Gasteiger partial charge in [-0.25, -0.2) is 0 Å². The molecule has 0 aliphatic heterocycles. The molecule has 0 amide bonds. The van der Waals surface area contributed by atoms with Gasteiger partial charge in [-0.05, 0) is 31.1 Å². The summed E-state index contributed by atoms with van der Waals surface area (Å²) in [4.78, 5) is 38.4. The molecule has 0 bridgehead atoms. The maximum absolute atomic E-state index is 12.9. The van der Waals surface area contributed by atoms with E-state index < -0.39 is 6.10 Å². The van der Waals surface area contributed by atoms with E-state index in [4.69, 9.17) is 14.2 Å².